The summed E-state index contributed by atoms with van der Waals surface area (Å²) < 4.78 is 0. The number of hydrogen-bond donors (Lipinski definition) is 2. The summed E-state index contributed by atoms with van der Waals surface area (Å²) in [5, 5.41) is 6.82. The molecule has 0 spiro atoms. The van der Waals surface area contributed by atoms with Gasteiger partial charge in [0, 0.05) is 51.7 Å². The third-order valence-electron chi connectivity index (χ3n) is 7.69. The first-order valence-corrected chi connectivity index (χ1v) is 15.8. The Kier molecular flexibility index (Phi) is 12.3. The molecular weight excluding hydrogens is 520 g/mol. The van der Waals surface area contributed by atoms with Gasteiger partial charge in [-0.25, -0.2) is 4.79 Å². The number of aromatic nitrogens is 2. The van der Waals surface area contributed by atoms with Crippen LogP contribution in [0.3, 0.4) is 0 Å². The van der Waals surface area contributed by atoms with Crippen molar-refractivity contribution in [3.8, 4) is 0 Å². The largest absolute Gasteiger partial charge is 0.330 e. The van der Waals surface area contributed by atoms with E-state index in [1.807, 2.05) is 41.6 Å². The fourth-order valence-corrected chi connectivity index (χ4v) is 5.84. The van der Waals surface area contributed by atoms with E-state index in [0.717, 1.165) is 75.4 Å². The first kappa shape index (κ1) is 31.6. The molecule has 1 aromatic carbocycles. The number of carbonyl (C=O) groups is 1. The van der Waals surface area contributed by atoms with Crippen LogP contribution in [0.1, 0.15) is 81.1 Å². The molecule has 1 atom stereocenters. The molecule has 2 N–H and O–H groups in total. The van der Waals surface area contributed by atoms with E-state index in [9.17, 15) is 4.79 Å². The van der Waals surface area contributed by atoms with E-state index in [1.165, 1.54) is 11.1 Å². The van der Waals surface area contributed by atoms with Gasteiger partial charge in [0.1, 0.15) is 0 Å². The van der Waals surface area contributed by atoms with Crippen molar-refractivity contribution in [2.24, 2.45) is 11.8 Å². The Balaban J connectivity index is 1.39. The average Bonchev–Trinajstić information content (AvgIpc) is 2.97. The van der Waals surface area contributed by atoms with Crippen LogP contribution in [-0.2, 0) is 26.1 Å². The molecule has 0 saturated carbocycles. The minimum absolute atomic E-state index is 0.00104. The zero-order chi connectivity index (χ0) is 29.7. The molecule has 2 aromatic heterocycles. The van der Waals surface area contributed by atoms with E-state index in [2.05, 4.69) is 83.5 Å². The van der Waals surface area contributed by atoms with E-state index in [0.29, 0.717) is 24.9 Å². The van der Waals surface area contributed by atoms with Gasteiger partial charge in [0.2, 0.25) is 0 Å². The van der Waals surface area contributed by atoms with Crippen molar-refractivity contribution < 1.29 is 4.79 Å². The maximum Gasteiger partial charge on any atom is 0.318 e. The van der Waals surface area contributed by atoms with Gasteiger partial charge in [0.15, 0.2) is 0 Å². The molecule has 1 aliphatic carbocycles. The number of pyridine rings is 2. The quantitative estimate of drug-likeness (QED) is 0.222. The van der Waals surface area contributed by atoms with Gasteiger partial charge in [-0.15, -0.1) is 0 Å². The molecule has 4 rings (SSSR count). The fourth-order valence-electron chi connectivity index (χ4n) is 5.84. The van der Waals surface area contributed by atoms with Crippen molar-refractivity contribution in [3.05, 3.63) is 95.1 Å². The molecule has 7 heteroatoms. The molecule has 0 saturated heterocycles. The Hall–Kier alpha value is -3.29. The van der Waals surface area contributed by atoms with Crippen molar-refractivity contribution in [2.45, 2.75) is 79.1 Å². The monoisotopic (exact) mass is 570 g/mol. The van der Waals surface area contributed by atoms with Crippen LogP contribution in [0.15, 0.2) is 67.0 Å². The minimum Gasteiger partial charge on any atom is -0.330 e. The van der Waals surface area contributed by atoms with Gasteiger partial charge < -0.3 is 20.4 Å². The molecule has 0 bridgehead atoms. The Morgan fingerprint density at radius 3 is 2.33 bits per heavy atom. The Labute approximate surface area is 253 Å². The highest BCUT2D eigenvalue weighted by Crippen LogP contribution is 2.28. The van der Waals surface area contributed by atoms with Crippen LogP contribution in [0.5, 0.6) is 0 Å². The van der Waals surface area contributed by atoms with Gasteiger partial charge in [-0.2, -0.15) is 0 Å². The summed E-state index contributed by atoms with van der Waals surface area (Å²) in [6.45, 7) is 15.1. The molecule has 3 aromatic rings. The SMILES string of the molecule is CC(C)CN(CCCN(Cc1ccc(CNCc2ccccn2)cc1)C(=O)NC1CCCc2cccnc21)CC(C)C. The van der Waals surface area contributed by atoms with Gasteiger partial charge in [0.25, 0.3) is 0 Å². The van der Waals surface area contributed by atoms with Crippen molar-refractivity contribution in [1.82, 2.24) is 30.4 Å². The summed E-state index contributed by atoms with van der Waals surface area (Å²) in [7, 11) is 0. The van der Waals surface area contributed by atoms with Crippen LogP contribution in [0, 0.1) is 11.8 Å². The second-order valence-corrected chi connectivity index (χ2v) is 12.5. The Bertz CT molecular complexity index is 1200. The highest BCUT2D eigenvalue weighted by atomic mass is 16.2. The summed E-state index contributed by atoms with van der Waals surface area (Å²) in [6.07, 6.45) is 7.64. The number of urea groups is 1. The molecule has 7 nitrogen and oxygen atoms in total. The lowest BCUT2D eigenvalue weighted by molar-refractivity contribution is 0.176. The number of fused-ring (bicyclic) bond motifs is 1. The van der Waals surface area contributed by atoms with Gasteiger partial charge in [0.05, 0.1) is 17.4 Å². The van der Waals surface area contributed by atoms with Crippen LogP contribution >= 0.6 is 0 Å². The number of nitrogens with zero attached hydrogens (tertiary/aromatic N) is 4. The summed E-state index contributed by atoms with van der Waals surface area (Å²) in [5.41, 5.74) is 5.67. The van der Waals surface area contributed by atoms with Crippen LogP contribution in [0.2, 0.25) is 0 Å². The van der Waals surface area contributed by atoms with Crippen molar-refractivity contribution in [2.75, 3.05) is 26.2 Å². The minimum atomic E-state index is -0.0316. The smallest absolute Gasteiger partial charge is 0.318 e. The molecule has 0 radical (unpaired) electrons. The second kappa shape index (κ2) is 16.4. The van der Waals surface area contributed by atoms with E-state index in [-0.39, 0.29) is 12.1 Å². The molecule has 1 aliphatic rings. The van der Waals surface area contributed by atoms with Crippen LogP contribution < -0.4 is 10.6 Å². The molecule has 0 aliphatic heterocycles. The molecule has 0 fully saturated rings. The van der Waals surface area contributed by atoms with E-state index < -0.39 is 0 Å². The van der Waals surface area contributed by atoms with Gasteiger partial charge in [-0.05, 0) is 79.0 Å². The summed E-state index contributed by atoms with van der Waals surface area (Å²) >= 11 is 0. The standard InChI is InChI=1S/C35H50N6O/c1-27(2)24-40(25-28(3)4)20-9-21-41(35(42)39-33-13-7-10-31-11-8-19-38-34(31)33)26-30-16-14-29(15-17-30)22-36-23-32-12-5-6-18-37-32/h5-6,8,11-12,14-19,27-28,33,36H,7,9-10,13,20-26H2,1-4H3,(H,39,42). The average molecular weight is 571 g/mol. The number of benzene rings is 1. The molecular formula is C35H50N6O. The Morgan fingerprint density at radius 2 is 1.62 bits per heavy atom. The summed E-state index contributed by atoms with van der Waals surface area (Å²) in [5.74, 6) is 1.25. The number of hydrogen-bond acceptors (Lipinski definition) is 5. The number of rotatable bonds is 15. The molecule has 2 amide bonds. The van der Waals surface area contributed by atoms with E-state index >= 15 is 0 Å². The van der Waals surface area contributed by atoms with Crippen molar-refractivity contribution in [3.63, 3.8) is 0 Å². The van der Waals surface area contributed by atoms with Crippen LogP contribution in [0.25, 0.3) is 0 Å². The van der Waals surface area contributed by atoms with Crippen molar-refractivity contribution in [1.29, 1.82) is 0 Å². The number of amides is 2. The van der Waals surface area contributed by atoms with Gasteiger partial charge >= 0.3 is 6.03 Å². The number of aryl methyl sites for hydroxylation is 1. The lowest BCUT2D eigenvalue weighted by atomic mass is 9.92. The third-order valence-corrected chi connectivity index (χ3v) is 7.69. The maximum absolute atomic E-state index is 13.8. The van der Waals surface area contributed by atoms with Crippen LogP contribution in [0.4, 0.5) is 4.79 Å². The molecule has 42 heavy (non-hydrogen) atoms. The van der Waals surface area contributed by atoms with Crippen LogP contribution in [-0.4, -0.2) is 52.0 Å². The summed E-state index contributed by atoms with van der Waals surface area (Å²) in [6, 6.07) is 18.7. The maximum atomic E-state index is 13.8. The van der Waals surface area contributed by atoms with E-state index in [4.69, 9.17) is 0 Å². The van der Waals surface area contributed by atoms with E-state index in [1.54, 1.807) is 0 Å². The molecule has 2 heterocycles. The lowest BCUT2D eigenvalue weighted by Gasteiger charge is -2.31. The fraction of sp³-hybridized carbons (Fsp3) is 0.514. The zero-order valence-corrected chi connectivity index (χ0v) is 26.1. The number of nitrogens with one attached hydrogen (secondary N) is 2. The van der Waals surface area contributed by atoms with Gasteiger partial charge in [-0.1, -0.05) is 64.1 Å². The molecule has 1 unspecified atom stereocenters. The first-order valence-electron chi connectivity index (χ1n) is 15.8. The topological polar surface area (TPSA) is 73.4 Å². The summed E-state index contributed by atoms with van der Waals surface area (Å²) in [4.78, 5) is 27.3. The predicted molar refractivity (Wildman–Crippen MR) is 171 cm³/mol. The number of carbonyl (C=O) groups excluding carboxylic acids is 1. The first-order chi connectivity index (χ1) is 20.4. The second-order valence-electron chi connectivity index (χ2n) is 12.5. The third kappa shape index (κ3) is 10.2. The lowest BCUT2D eigenvalue weighted by Crippen LogP contribution is -2.43. The highest BCUT2D eigenvalue weighted by Gasteiger charge is 2.25. The Morgan fingerprint density at radius 1 is 0.881 bits per heavy atom. The predicted octanol–water partition coefficient (Wildman–Crippen LogP) is 6.36. The normalized spacial score (nSPS) is 14.8. The van der Waals surface area contributed by atoms with Crippen molar-refractivity contribution >= 4 is 6.03 Å². The van der Waals surface area contributed by atoms with Gasteiger partial charge in [-0.3, -0.25) is 9.97 Å². The zero-order valence-electron chi connectivity index (χ0n) is 26.1. The highest BCUT2D eigenvalue weighted by molar-refractivity contribution is 5.74. The molecule has 226 valence electrons.